The van der Waals surface area contributed by atoms with E-state index in [2.05, 4.69) is 4.90 Å². The van der Waals surface area contributed by atoms with Gasteiger partial charge in [0.2, 0.25) is 0 Å². The van der Waals surface area contributed by atoms with E-state index in [1.54, 1.807) is 4.90 Å². The molecule has 1 aromatic rings. The average molecular weight is 293 g/mol. The van der Waals surface area contributed by atoms with Gasteiger partial charge in [-0.15, -0.1) is 0 Å². The lowest BCUT2D eigenvalue weighted by atomic mass is 10.1. The normalized spacial score (nSPS) is 23.5. The van der Waals surface area contributed by atoms with Gasteiger partial charge in [0.05, 0.1) is 13.2 Å². The maximum Gasteiger partial charge on any atom is 0.254 e. The van der Waals surface area contributed by atoms with Gasteiger partial charge in [-0.25, -0.2) is 4.39 Å². The first-order valence-electron chi connectivity index (χ1n) is 7.30. The lowest BCUT2D eigenvalue weighted by molar-refractivity contribution is 0.0185. The molecule has 1 amide bonds. The molecule has 114 valence electrons. The van der Waals surface area contributed by atoms with Crippen molar-refractivity contribution in [1.82, 2.24) is 9.80 Å². The SMILES string of the molecule is Nc1cc(F)cc(C(=O)N2CCC(N3CCOCC3)C2)c1. The Morgan fingerprint density at radius 1 is 1.24 bits per heavy atom. The van der Waals surface area contributed by atoms with Crippen LogP contribution in [0.15, 0.2) is 18.2 Å². The van der Waals surface area contributed by atoms with Gasteiger partial charge >= 0.3 is 0 Å². The molecule has 0 aliphatic carbocycles. The molecule has 0 radical (unpaired) electrons. The molecule has 0 bridgehead atoms. The number of amides is 1. The summed E-state index contributed by atoms with van der Waals surface area (Å²) in [4.78, 5) is 16.6. The molecule has 21 heavy (non-hydrogen) atoms. The lowest BCUT2D eigenvalue weighted by Gasteiger charge is -2.32. The molecule has 0 saturated carbocycles. The van der Waals surface area contributed by atoms with Gasteiger partial charge in [0, 0.05) is 43.5 Å². The molecule has 2 saturated heterocycles. The minimum atomic E-state index is -0.470. The number of hydrogen-bond donors (Lipinski definition) is 1. The second kappa shape index (κ2) is 5.99. The highest BCUT2D eigenvalue weighted by atomic mass is 19.1. The van der Waals surface area contributed by atoms with Crippen molar-refractivity contribution in [2.75, 3.05) is 45.1 Å². The predicted molar refractivity (Wildman–Crippen MR) is 77.5 cm³/mol. The first kappa shape index (κ1) is 14.3. The molecule has 0 spiro atoms. The summed E-state index contributed by atoms with van der Waals surface area (Å²) in [6, 6.07) is 4.38. The van der Waals surface area contributed by atoms with Gasteiger partial charge in [0.25, 0.3) is 5.91 Å². The van der Waals surface area contributed by atoms with Gasteiger partial charge in [-0.05, 0) is 24.6 Å². The summed E-state index contributed by atoms with van der Waals surface area (Å²) < 4.78 is 18.7. The molecule has 2 fully saturated rings. The largest absolute Gasteiger partial charge is 0.399 e. The predicted octanol–water partition coefficient (Wildman–Crippen LogP) is 0.955. The molecule has 0 aromatic heterocycles. The summed E-state index contributed by atoms with van der Waals surface area (Å²) in [6.07, 6.45) is 0.955. The Balaban J connectivity index is 1.66. The second-order valence-corrected chi connectivity index (χ2v) is 5.62. The Morgan fingerprint density at radius 3 is 2.71 bits per heavy atom. The van der Waals surface area contributed by atoms with Crippen LogP contribution >= 0.6 is 0 Å². The Morgan fingerprint density at radius 2 is 2.00 bits per heavy atom. The van der Waals surface area contributed by atoms with E-state index >= 15 is 0 Å². The van der Waals surface area contributed by atoms with Crippen LogP contribution in [-0.2, 0) is 4.74 Å². The first-order valence-corrected chi connectivity index (χ1v) is 7.30. The van der Waals surface area contributed by atoms with Crippen LogP contribution in [0.1, 0.15) is 16.8 Å². The third kappa shape index (κ3) is 3.16. The third-order valence-electron chi connectivity index (χ3n) is 4.18. The van der Waals surface area contributed by atoms with E-state index in [1.807, 2.05) is 0 Å². The Kier molecular flexibility index (Phi) is 4.07. The van der Waals surface area contributed by atoms with E-state index in [0.29, 0.717) is 24.7 Å². The van der Waals surface area contributed by atoms with Crippen LogP contribution in [0.5, 0.6) is 0 Å². The van der Waals surface area contributed by atoms with Gasteiger partial charge in [-0.3, -0.25) is 9.69 Å². The molecule has 5 nitrogen and oxygen atoms in total. The summed E-state index contributed by atoms with van der Waals surface area (Å²) in [5.41, 5.74) is 6.22. The smallest absolute Gasteiger partial charge is 0.254 e. The number of benzene rings is 1. The Labute approximate surface area is 123 Å². The van der Waals surface area contributed by atoms with E-state index < -0.39 is 5.82 Å². The van der Waals surface area contributed by atoms with Crippen molar-refractivity contribution in [3.63, 3.8) is 0 Å². The summed E-state index contributed by atoms with van der Waals surface area (Å²) in [5, 5.41) is 0. The number of ether oxygens (including phenoxy) is 1. The first-order chi connectivity index (χ1) is 10.1. The number of carbonyl (C=O) groups is 1. The van der Waals surface area contributed by atoms with Crippen LogP contribution in [0, 0.1) is 5.82 Å². The molecular weight excluding hydrogens is 273 g/mol. The molecule has 6 heteroatoms. The number of hydrogen-bond acceptors (Lipinski definition) is 4. The Hall–Kier alpha value is -1.66. The third-order valence-corrected chi connectivity index (χ3v) is 4.18. The highest BCUT2D eigenvalue weighted by Crippen LogP contribution is 2.20. The fourth-order valence-electron chi connectivity index (χ4n) is 3.09. The standard InChI is InChI=1S/C15H20FN3O2/c16-12-7-11(8-13(17)9-12)15(20)19-2-1-14(10-19)18-3-5-21-6-4-18/h7-9,14H,1-6,10,17H2. The maximum absolute atomic E-state index is 13.4. The number of likely N-dealkylation sites (tertiary alicyclic amines) is 1. The molecule has 2 heterocycles. The monoisotopic (exact) mass is 293 g/mol. The van der Waals surface area contributed by atoms with Gasteiger partial charge in [0.1, 0.15) is 5.82 Å². The van der Waals surface area contributed by atoms with Crippen LogP contribution in [0.3, 0.4) is 0 Å². The zero-order valence-electron chi connectivity index (χ0n) is 11.9. The number of nitrogens with zero attached hydrogens (tertiary/aromatic N) is 2. The Bertz CT molecular complexity index is 511. The minimum Gasteiger partial charge on any atom is -0.399 e. The zero-order valence-corrected chi connectivity index (χ0v) is 11.9. The van der Waals surface area contributed by atoms with E-state index in [1.165, 1.54) is 18.2 Å². The van der Waals surface area contributed by atoms with Gasteiger partial charge in [0.15, 0.2) is 0 Å². The van der Waals surface area contributed by atoms with Crippen molar-refractivity contribution in [2.45, 2.75) is 12.5 Å². The number of nitrogens with two attached hydrogens (primary N) is 1. The summed E-state index contributed by atoms with van der Waals surface area (Å²) in [5.74, 6) is -0.612. The molecule has 2 aliphatic rings. The number of rotatable bonds is 2. The number of morpholine rings is 1. The number of nitrogen functional groups attached to an aromatic ring is 1. The topological polar surface area (TPSA) is 58.8 Å². The van der Waals surface area contributed by atoms with Crippen LogP contribution in [0.2, 0.25) is 0 Å². The zero-order chi connectivity index (χ0) is 14.8. The van der Waals surface area contributed by atoms with Gasteiger partial charge in [-0.2, -0.15) is 0 Å². The summed E-state index contributed by atoms with van der Waals surface area (Å²) >= 11 is 0. The van der Waals surface area contributed by atoms with Crippen LogP contribution < -0.4 is 5.73 Å². The van der Waals surface area contributed by atoms with Crippen LogP contribution in [0.25, 0.3) is 0 Å². The van der Waals surface area contributed by atoms with Crippen molar-refractivity contribution < 1.29 is 13.9 Å². The van der Waals surface area contributed by atoms with Crippen molar-refractivity contribution in [3.05, 3.63) is 29.6 Å². The van der Waals surface area contributed by atoms with E-state index in [0.717, 1.165) is 32.7 Å². The minimum absolute atomic E-state index is 0.142. The van der Waals surface area contributed by atoms with Crippen LogP contribution in [0.4, 0.5) is 10.1 Å². The van der Waals surface area contributed by atoms with Crippen molar-refractivity contribution >= 4 is 11.6 Å². The molecule has 2 N–H and O–H groups in total. The van der Waals surface area contributed by atoms with Crippen LogP contribution in [-0.4, -0.2) is 61.1 Å². The molecule has 3 rings (SSSR count). The molecule has 1 aromatic carbocycles. The number of carbonyl (C=O) groups excluding carboxylic acids is 1. The highest BCUT2D eigenvalue weighted by molar-refractivity contribution is 5.95. The number of halogens is 1. The molecule has 1 atom stereocenters. The van der Waals surface area contributed by atoms with Gasteiger partial charge < -0.3 is 15.4 Å². The van der Waals surface area contributed by atoms with Crippen molar-refractivity contribution in [2.24, 2.45) is 0 Å². The second-order valence-electron chi connectivity index (χ2n) is 5.62. The highest BCUT2D eigenvalue weighted by Gasteiger charge is 2.31. The van der Waals surface area contributed by atoms with Crippen molar-refractivity contribution in [1.29, 1.82) is 0 Å². The quantitative estimate of drug-likeness (QED) is 0.825. The van der Waals surface area contributed by atoms with Crippen molar-refractivity contribution in [3.8, 4) is 0 Å². The summed E-state index contributed by atoms with van der Waals surface area (Å²) in [6.45, 7) is 4.74. The lowest BCUT2D eigenvalue weighted by Crippen LogP contribution is -2.45. The maximum atomic E-state index is 13.4. The van der Waals surface area contributed by atoms with E-state index in [4.69, 9.17) is 10.5 Å². The van der Waals surface area contributed by atoms with E-state index in [-0.39, 0.29) is 11.6 Å². The van der Waals surface area contributed by atoms with Gasteiger partial charge in [-0.1, -0.05) is 0 Å². The fraction of sp³-hybridized carbons (Fsp3) is 0.533. The molecule has 2 aliphatic heterocycles. The number of anilines is 1. The van der Waals surface area contributed by atoms with E-state index in [9.17, 15) is 9.18 Å². The fourth-order valence-corrected chi connectivity index (χ4v) is 3.09. The average Bonchev–Trinajstić information content (AvgIpc) is 2.96. The summed E-state index contributed by atoms with van der Waals surface area (Å²) in [7, 11) is 0. The molecular formula is C15H20FN3O2. The molecule has 1 unspecified atom stereocenters.